The van der Waals surface area contributed by atoms with Gasteiger partial charge in [0.2, 0.25) is 0 Å². The van der Waals surface area contributed by atoms with Gasteiger partial charge in [0.05, 0.1) is 9.12 Å². The van der Waals surface area contributed by atoms with Gasteiger partial charge in [-0.25, -0.2) is 0 Å². The van der Waals surface area contributed by atoms with Crippen molar-refractivity contribution < 1.29 is 14.4 Å². The van der Waals surface area contributed by atoms with Crippen molar-refractivity contribution in [2.75, 3.05) is 6.54 Å². The van der Waals surface area contributed by atoms with E-state index in [0.29, 0.717) is 23.0 Å². The lowest BCUT2D eigenvalue weighted by Crippen LogP contribution is -2.60. The summed E-state index contributed by atoms with van der Waals surface area (Å²) in [6.07, 6.45) is 5.35. The lowest BCUT2D eigenvalue weighted by atomic mass is 9.63. The zero-order chi connectivity index (χ0) is 16.9. The molecule has 0 aromatic heterocycles. The Balaban J connectivity index is 1.98. The molecule has 122 valence electrons. The molecule has 1 aromatic carbocycles. The van der Waals surface area contributed by atoms with Crippen LogP contribution in [-0.2, 0) is 14.4 Å². The molecular weight excluding hydrogens is 417 g/mol. The molecular formula is C19H16INO3. The number of carbonyl (C=O) groups is 3. The fourth-order valence-corrected chi connectivity index (χ4v) is 5.45. The van der Waals surface area contributed by atoms with E-state index in [1.807, 2.05) is 41.3 Å². The van der Waals surface area contributed by atoms with Crippen molar-refractivity contribution >= 4 is 46.1 Å². The van der Waals surface area contributed by atoms with Gasteiger partial charge in [0.15, 0.2) is 5.78 Å². The topological polar surface area (TPSA) is 54.5 Å². The summed E-state index contributed by atoms with van der Waals surface area (Å²) in [6, 6.07) is 9.82. The first-order valence-corrected chi connectivity index (χ1v) is 9.12. The van der Waals surface area contributed by atoms with Crippen LogP contribution < -0.4 is 0 Å². The SMILES string of the molecule is O=C[C@H]1CCN2C(=O)C(I)=C(c3ccccc3)[C@]23C=CC(=O)C[C@H]13. The highest BCUT2D eigenvalue weighted by atomic mass is 127. The van der Waals surface area contributed by atoms with Crippen LogP contribution in [0.15, 0.2) is 46.1 Å². The zero-order valence-electron chi connectivity index (χ0n) is 12.9. The standard InChI is InChI=1S/C19H16INO3/c20-17-16(12-4-2-1-3-5-12)19-8-6-14(23)10-15(19)13(11-22)7-9-21(19)18(17)24/h1-6,8,11,13,15H,7,9-10H2/t13-,15-,19-/m1/s1. The second-order valence-corrected chi connectivity index (χ2v) is 7.61. The van der Waals surface area contributed by atoms with Crippen LogP contribution in [0.3, 0.4) is 0 Å². The molecule has 0 radical (unpaired) electrons. The number of benzene rings is 1. The highest BCUT2D eigenvalue weighted by Crippen LogP contribution is 2.55. The maximum absolute atomic E-state index is 12.9. The summed E-state index contributed by atoms with van der Waals surface area (Å²) in [4.78, 5) is 38.5. The summed E-state index contributed by atoms with van der Waals surface area (Å²) in [7, 11) is 0. The second kappa shape index (κ2) is 5.65. The lowest BCUT2D eigenvalue weighted by molar-refractivity contribution is -0.136. The highest BCUT2D eigenvalue weighted by Gasteiger charge is 2.59. The number of ketones is 1. The molecule has 3 atom stereocenters. The number of piperidine rings is 1. The Morgan fingerprint density at radius 2 is 1.96 bits per heavy atom. The summed E-state index contributed by atoms with van der Waals surface area (Å²) in [6.45, 7) is 0.542. The Bertz CT molecular complexity index is 798. The Labute approximate surface area is 153 Å². The fourth-order valence-electron chi connectivity index (χ4n) is 4.42. The number of hydrogen-bond acceptors (Lipinski definition) is 3. The molecule has 0 unspecified atom stereocenters. The van der Waals surface area contributed by atoms with E-state index in [-0.39, 0.29) is 23.5 Å². The molecule has 0 N–H and O–H groups in total. The minimum atomic E-state index is -0.674. The van der Waals surface area contributed by atoms with Crippen LogP contribution in [0.4, 0.5) is 0 Å². The monoisotopic (exact) mass is 433 g/mol. The van der Waals surface area contributed by atoms with Gasteiger partial charge in [-0.1, -0.05) is 36.4 Å². The van der Waals surface area contributed by atoms with E-state index in [1.165, 1.54) is 0 Å². The van der Waals surface area contributed by atoms with Crippen LogP contribution >= 0.6 is 22.6 Å². The Kier molecular flexibility index (Phi) is 3.71. The van der Waals surface area contributed by atoms with Crippen molar-refractivity contribution in [2.24, 2.45) is 11.8 Å². The molecule has 1 fully saturated rings. The first kappa shape index (κ1) is 15.7. The average Bonchev–Trinajstić information content (AvgIpc) is 2.82. The van der Waals surface area contributed by atoms with Crippen LogP contribution in [0, 0.1) is 11.8 Å². The van der Waals surface area contributed by atoms with E-state index in [4.69, 9.17) is 0 Å². The lowest BCUT2D eigenvalue weighted by Gasteiger charge is -2.51. The summed E-state index contributed by atoms with van der Waals surface area (Å²) in [5.74, 6) is -0.361. The molecule has 0 bridgehead atoms. The van der Waals surface area contributed by atoms with E-state index >= 15 is 0 Å². The van der Waals surface area contributed by atoms with Crippen molar-refractivity contribution in [3.63, 3.8) is 0 Å². The van der Waals surface area contributed by atoms with E-state index in [2.05, 4.69) is 22.6 Å². The number of halogens is 1. The van der Waals surface area contributed by atoms with Crippen molar-refractivity contribution in [1.29, 1.82) is 0 Å². The Morgan fingerprint density at radius 3 is 2.67 bits per heavy atom. The van der Waals surface area contributed by atoms with Crippen LogP contribution in [0.25, 0.3) is 5.57 Å². The minimum absolute atomic E-state index is 0.00259. The van der Waals surface area contributed by atoms with E-state index < -0.39 is 5.54 Å². The van der Waals surface area contributed by atoms with Gasteiger partial charge in [0.25, 0.3) is 5.91 Å². The van der Waals surface area contributed by atoms with Gasteiger partial charge in [0, 0.05) is 30.4 Å². The quantitative estimate of drug-likeness (QED) is 0.533. The smallest absolute Gasteiger partial charge is 0.261 e. The number of aldehydes is 1. The molecule has 1 saturated heterocycles. The molecule has 2 heterocycles. The molecule has 1 aliphatic carbocycles. The van der Waals surface area contributed by atoms with Crippen molar-refractivity contribution in [3.8, 4) is 0 Å². The number of nitrogens with zero attached hydrogens (tertiary/aromatic N) is 1. The number of allylic oxidation sites excluding steroid dienone is 1. The van der Waals surface area contributed by atoms with Gasteiger partial charge >= 0.3 is 0 Å². The second-order valence-electron chi connectivity index (χ2n) is 6.54. The molecule has 4 nitrogen and oxygen atoms in total. The third-order valence-corrected chi connectivity index (χ3v) is 6.45. The molecule has 3 aliphatic rings. The minimum Gasteiger partial charge on any atom is -0.325 e. The Morgan fingerprint density at radius 1 is 1.21 bits per heavy atom. The molecule has 1 aromatic rings. The van der Waals surface area contributed by atoms with Crippen molar-refractivity contribution in [1.82, 2.24) is 4.90 Å². The van der Waals surface area contributed by atoms with Crippen LogP contribution in [-0.4, -0.2) is 35.0 Å². The number of hydrogen-bond donors (Lipinski definition) is 0. The molecule has 2 aliphatic heterocycles. The molecule has 5 heteroatoms. The van der Waals surface area contributed by atoms with Crippen molar-refractivity contribution in [2.45, 2.75) is 18.4 Å². The third kappa shape index (κ3) is 2.00. The van der Waals surface area contributed by atoms with Crippen LogP contribution in [0.1, 0.15) is 18.4 Å². The summed E-state index contributed by atoms with van der Waals surface area (Å²) in [5.41, 5.74) is 1.24. The molecule has 1 amide bonds. The fraction of sp³-hybridized carbons (Fsp3) is 0.316. The average molecular weight is 433 g/mol. The first-order valence-electron chi connectivity index (χ1n) is 8.04. The van der Waals surface area contributed by atoms with E-state index in [9.17, 15) is 14.4 Å². The van der Waals surface area contributed by atoms with Gasteiger partial charge in [-0.2, -0.15) is 0 Å². The van der Waals surface area contributed by atoms with Gasteiger partial charge in [-0.15, -0.1) is 0 Å². The summed E-state index contributed by atoms with van der Waals surface area (Å²) in [5, 5.41) is 0. The molecule has 4 rings (SSSR count). The van der Waals surface area contributed by atoms with Crippen molar-refractivity contribution in [3.05, 3.63) is 51.6 Å². The van der Waals surface area contributed by atoms with Gasteiger partial charge in [-0.05, 0) is 40.7 Å². The van der Waals surface area contributed by atoms with Gasteiger partial charge in [0.1, 0.15) is 6.29 Å². The van der Waals surface area contributed by atoms with Crippen LogP contribution in [0.5, 0.6) is 0 Å². The normalized spacial score (nSPS) is 32.0. The molecule has 24 heavy (non-hydrogen) atoms. The molecule has 1 spiro atoms. The van der Waals surface area contributed by atoms with Gasteiger partial charge in [-0.3, -0.25) is 9.59 Å². The number of carbonyl (C=O) groups excluding carboxylic acids is 3. The van der Waals surface area contributed by atoms with Crippen LogP contribution in [0.2, 0.25) is 0 Å². The largest absolute Gasteiger partial charge is 0.325 e. The van der Waals surface area contributed by atoms with E-state index in [1.54, 1.807) is 6.08 Å². The first-order chi connectivity index (χ1) is 11.6. The predicted molar refractivity (Wildman–Crippen MR) is 98.3 cm³/mol. The molecule has 0 saturated carbocycles. The van der Waals surface area contributed by atoms with E-state index in [0.717, 1.165) is 17.4 Å². The summed E-state index contributed by atoms with van der Waals surface area (Å²) >= 11 is 2.12. The maximum Gasteiger partial charge on any atom is 0.261 e. The zero-order valence-corrected chi connectivity index (χ0v) is 15.1. The highest BCUT2D eigenvalue weighted by molar-refractivity contribution is 14.1. The summed E-state index contributed by atoms with van der Waals surface area (Å²) < 4.78 is 0.689. The predicted octanol–water partition coefficient (Wildman–Crippen LogP) is 2.78. The number of amides is 1. The van der Waals surface area contributed by atoms with Gasteiger partial charge < -0.3 is 9.69 Å². The Hall–Kier alpha value is -1.76. The third-order valence-electron chi connectivity index (χ3n) is 5.45. The number of rotatable bonds is 2. The maximum atomic E-state index is 12.9.